The highest BCUT2D eigenvalue weighted by Crippen LogP contribution is 2.44. The second kappa shape index (κ2) is 8.01. The standard InChI is InChI=1S/C17H15N3O10S3/c1-8-2-3-10(31(22,23)24)7-13(8)19-20-16-14(33(28,29)30)5-9-4-11(32(25,26)27)6-12(18)15(9)17(16)21/h2-7,21H,18H2,1H3,(H,22,23,24)(H,25,26,27)(H,28,29,30). The Morgan fingerprint density at radius 1 is 0.788 bits per heavy atom. The Morgan fingerprint density at radius 2 is 1.39 bits per heavy atom. The summed E-state index contributed by atoms with van der Waals surface area (Å²) < 4.78 is 97.4. The van der Waals surface area contributed by atoms with Gasteiger partial charge in [-0.15, -0.1) is 5.11 Å². The van der Waals surface area contributed by atoms with Crippen LogP contribution in [0.15, 0.2) is 61.3 Å². The molecule has 0 radical (unpaired) electrons. The van der Waals surface area contributed by atoms with Crippen molar-refractivity contribution in [3.8, 4) is 5.75 Å². The number of anilines is 1. The van der Waals surface area contributed by atoms with Gasteiger partial charge in [-0.2, -0.15) is 30.4 Å². The normalized spacial score (nSPS) is 13.1. The Bertz CT molecular complexity index is 1660. The lowest BCUT2D eigenvalue weighted by atomic mass is 10.1. The van der Waals surface area contributed by atoms with Crippen LogP contribution >= 0.6 is 0 Å². The third-order valence-corrected chi connectivity index (χ3v) is 7.01. The van der Waals surface area contributed by atoms with Gasteiger partial charge in [0.2, 0.25) is 0 Å². The minimum Gasteiger partial charge on any atom is -0.505 e. The monoisotopic (exact) mass is 517 g/mol. The second-order valence-electron chi connectivity index (χ2n) is 6.76. The van der Waals surface area contributed by atoms with Crippen LogP contribution in [0.25, 0.3) is 10.8 Å². The van der Waals surface area contributed by atoms with Gasteiger partial charge in [0, 0.05) is 11.1 Å². The van der Waals surface area contributed by atoms with Crippen molar-refractivity contribution >= 4 is 58.2 Å². The number of nitrogens with zero attached hydrogens (tertiary/aromatic N) is 2. The van der Waals surface area contributed by atoms with E-state index in [4.69, 9.17) is 5.73 Å². The quantitative estimate of drug-likeness (QED) is 0.187. The number of aromatic hydroxyl groups is 1. The van der Waals surface area contributed by atoms with Crippen LogP contribution in [-0.4, -0.2) is 44.0 Å². The zero-order valence-electron chi connectivity index (χ0n) is 16.4. The Labute approximate surface area is 187 Å². The maximum absolute atomic E-state index is 11.9. The molecule has 0 atom stereocenters. The number of fused-ring (bicyclic) bond motifs is 1. The second-order valence-corrected chi connectivity index (χ2v) is 11.0. The van der Waals surface area contributed by atoms with Crippen LogP contribution in [-0.2, 0) is 30.4 Å². The number of aryl methyl sites for hydroxylation is 1. The van der Waals surface area contributed by atoms with Gasteiger partial charge in [-0.3, -0.25) is 13.7 Å². The van der Waals surface area contributed by atoms with E-state index in [0.29, 0.717) is 5.56 Å². The van der Waals surface area contributed by atoms with Gasteiger partial charge >= 0.3 is 0 Å². The van der Waals surface area contributed by atoms with Crippen LogP contribution in [0.1, 0.15) is 5.56 Å². The van der Waals surface area contributed by atoms with Gasteiger partial charge in [-0.05, 0) is 48.2 Å². The summed E-state index contributed by atoms with van der Waals surface area (Å²) in [5, 5.41) is 17.5. The van der Waals surface area contributed by atoms with Gasteiger partial charge in [-0.25, -0.2) is 0 Å². The fourth-order valence-electron chi connectivity index (χ4n) is 2.89. The van der Waals surface area contributed by atoms with Crippen molar-refractivity contribution < 1.29 is 44.0 Å². The largest absolute Gasteiger partial charge is 0.505 e. The average Bonchev–Trinajstić information content (AvgIpc) is 2.65. The highest BCUT2D eigenvalue weighted by atomic mass is 32.2. The number of azo groups is 1. The van der Waals surface area contributed by atoms with Gasteiger partial charge in [-0.1, -0.05) is 6.07 Å². The first-order valence-corrected chi connectivity index (χ1v) is 12.9. The van der Waals surface area contributed by atoms with Crippen LogP contribution in [0.4, 0.5) is 17.1 Å². The zero-order valence-corrected chi connectivity index (χ0v) is 18.8. The van der Waals surface area contributed by atoms with Gasteiger partial charge in [0.05, 0.1) is 15.5 Å². The maximum Gasteiger partial charge on any atom is 0.296 e. The molecule has 0 saturated heterocycles. The zero-order chi connectivity index (χ0) is 24.9. The lowest BCUT2D eigenvalue weighted by Crippen LogP contribution is -2.02. The number of nitrogen functional groups attached to an aromatic ring is 1. The van der Waals surface area contributed by atoms with Crippen molar-refractivity contribution in [2.75, 3.05) is 5.73 Å². The summed E-state index contributed by atoms with van der Waals surface area (Å²) in [7, 11) is -14.4. The van der Waals surface area contributed by atoms with E-state index < -0.39 is 56.5 Å². The minimum atomic E-state index is -5.06. The van der Waals surface area contributed by atoms with Gasteiger partial charge < -0.3 is 10.8 Å². The molecule has 6 N–H and O–H groups in total. The van der Waals surface area contributed by atoms with Crippen molar-refractivity contribution in [1.82, 2.24) is 0 Å². The molecule has 0 heterocycles. The number of phenolic OH excluding ortho intramolecular Hbond substituents is 1. The molecule has 3 aromatic carbocycles. The Balaban J connectivity index is 2.34. The van der Waals surface area contributed by atoms with Crippen LogP contribution < -0.4 is 5.73 Å². The molecule has 0 fully saturated rings. The molecule has 0 aromatic heterocycles. The molecule has 0 aliphatic rings. The molecular weight excluding hydrogens is 502 g/mol. The van der Waals surface area contributed by atoms with E-state index in [1.807, 2.05) is 0 Å². The van der Waals surface area contributed by atoms with Crippen LogP contribution in [0.3, 0.4) is 0 Å². The highest BCUT2D eigenvalue weighted by molar-refractivity contribution is 7.86. The topological polar surface area (TPSA) is 234 Å². The summed E-state index contributed by atoms with van der Waals surface area (Å²) in [6.07, 6.45) is 0. The van der Waals surface area contributed by atoms with Crippen molar-refractivity contribution in [2.24, 2.45) is 10.2 Å². The van der Waals surface area contributed by atoms with Crippen LogP contribution in [0, 0.1) is 6.92 Å². The van der Waals surface area contributed by atoms with Crippen molar-refractivity contribution in [3.63, 3.8) is 0 Å². The lowest BCUT2D eigenvalue weighted by molar-refractivity contribution is 0.472. The van der Waals surface area contributed by atoms with Crippen LogP contribution in [0.2, 0.25) is 0 Å². The molecule has 0 spiro atoms. The molecule has 0 bridgehead atoms. The highest BCUT2D eigenvalue weighted by Gasteiger charge is 2.25. The first-order chi connectivity index (χ1) is 15.0. The summed E-state index contributed by atoms with van der Waals surface area (Å²) in [5.41, 5.74) is 4.84. The Hall–Kier alpha value is -3.15. The smallest absolute Gasteiger partial charge is 0.296 e. The molecule has 176 valence electrons. The molecule has 16 heteroatoms. The summed E-state index contributed by atoms with van der Waals surface area (Å²) in [4.78, 5) is -2.20. The summed E-state index contributed by atoms with van der Waals surface area (Å²) in [5.74, 6) is -0.896. The molecule has 0 aliphatic carbocycles. The van der Waals surface area contributed by atoms with E-state index in [-0.39, 0.29) is 22.1 Å². The van der Waals surface area contributed by atoms with Crippen molar-refractivity contribution in [2.45, 2.75) is 21.6 Å². The molecule has 0 aliphatic heterocycles. The Kier molecular flexibility index (Phi) is 5.95. The van der Waals surface area contributed by atoms with E-state index in [2.05, 4.69) is 10.2 Å². The number of hydrogen-bond donors (Lipinski definition) is 5. The first-order valence-electron chi connectivity index (χ1n) is 8.54. The van der Waals surface area contributed by atoms with E-state index in [1.165, 1.54) is 13.0 Å². The number of rotatable bonds is 5. The summed E-state index contributed by atoms with van der Waals surface area (Å²) >= 11 is 0. The van der Waals surface area contributed by atoms with Crippen molar-refractivity contribution in [1.29, 1.82) is 0 Å². The molecule has 13 nitrogen and oxygen atoms in total. The molecule has 0 saturated carbocycles. The van der Waals surface area contributed by atoms with E-state index >= 15 is 0 Å². The average molecular weight is 518 g/mol. The predicted molar refractivity (Wildman–Crippen MR) is 115 cm³/mol. The molecule has 0 unspecified atom stereocenters. The Morgan fingerprint density at radius 3 is 1.94 bits per heavy atom. The van der Waals surface area contributed by atoms with E-state index in [9.17, 15) is 44.0 Å². The SMILES string of the molecule is Cc1ccc(S(=O)(=O)O)cc1N=Nc1c(S(=O)(=O)O)cc2cc(S(=O)(=O)O)cc(N)c2c1O. The maximum atomic E-state index is 11.9. The fourth-order valence-corrected chi connectivity index (χ4v) is 4.60. The van der Waals surface area contributed by atoms with Gasteiger partial charge in [0.1, 0.15) is 10.6 Å². The number of phenols is 1. The fraction of sp³-hybridized carbons (Fsp3) is 0.0588. The van der Waals surface area contributed by atoms with E-state index in [1.54, 1.807) is 0 Å². The lowest BCUT2D eigenvalue weighted by Gasteiger charge is -2.12. The number of benzene rings is 3. The number of hydrogen-bond acceptors (Lipinski definition) is 10. The summed E-state index contributed by atoms with van der Waals surface area (Å²) in [6, 6.07) is 5.70. The van der Waals surface area contributed by atoms with Crippen LogP contribution in [0.5, 0.6) is 5.75 Å². The molecule has 3 rings (SSSR count). The molecule has 0 amide bonds. The van der Waals surface area contributed by atoms with Crippen molar-refractivity contribution in [3.05, 3.63) is 42.0 Å². The summed E-state index contributed by atoms with van der Waals surface area (Å²) in [6.45, 7) is 1.50. The molecular formula is C17H15N3O10S3. The van der Waals surface area contributed by atoms with Gasteiger partial charge in [0.25, 0.3) is 30.4 Å². The predicted octanol–water partition coefficient (Wildman–Crippen LogP) is 2.59. The third-order valence-electron chi connectivity index (χ3n) is 4.47. The van der Waals surface area contributed by atoms with Gasteiger partial charge in [0.15, 0.2) is 5.75 Å². The first kappa shape index (κ1) is 24.5. The molecule has 33 heavy (non-hydrogen) atoms. The van der Waals surface area contributed by atoms with E-state index in [0.717, 1.165) is 30.3 Å². The minimum absolute atomic E-state index is 0.124. The third kappa shape index (κ3) is 4.95. The number of nitrogens with two attached hydrogens (primary N) is 1. The molecule has 3 aromatic rings.